The fourth-order valence-corrected chi connectivity index (χ4v) is 2.94. The van der Waals surface area contributed by atoms with Crippen molar-refractivity contribution in [2.24, 2.45) is 0 Å². The lowest BCUT2D eigenvalue weighted by molar-refractivity contribution is -0.119. The molecule has 0 saturated heterocycles. The van der Waals surface area contributed by atoms with Gasteiger partial charge >= 0.3 is 5.97 Å². The molecule has 0 atom stereocenters. The lowest BCUT2D eigenvalue weighted by Gasteiger charge is -2.08. The smallest absolute Gasteiger partial charge is 0.374 e. The quantitative estimate of drug-likeness (QED) is 0.573. The number of fused-ring (bicyclic) bond motifs is 1. The predicted molar refractivity (Wildman–Crippen MR) is 111 cm³/mol. The zero-order valence-corrected chi connectivity index (χ0v) is 16.6. The second-order valence-electron chi connectivity index (χ2n) is 6.54. The standard InChI is InChI=1S/C22H20ClNO5/c1-2-3-4-14-5-8-16(9-6-14)24-21(26)13-28-22(27)20-12-18(25)17-11-15(23)7-10-19(17)29-20/h5-12H,2-4,13H2,1H3,(H,24,26). The van der Waals surface area contributed by atoms with Crippen molar-refractivity contribution in [2.45, 2.75) is 26.2 Å². The molecule has 0 aliphatic rings. The third-order valence-electron chi connectivity index (χ3n) is 4.28. The Kier molecular flexibility index (Phi) is 6.67. The van der Waals surface area contributed by atoms with Crippen LogP contribution in [0.3, 0.4) is 0 Å². The van der Waals surface area contributed by atoms with Gasteiger partial charge in [0.15, 0.2) is 12.0 Å². The summed E-state index contributed by atoms with van der Waals surface area (Å²) in [5.74, 6) is -1.67. The number of nitrogens with one attached hydrogen (secondary N) is 1. The minimum absolute atomic E-state index is 0.210. The van der Waals surface area contributed by atoms with Gasteiger partial charge in [-0.1, -0.05) is 37.1 Å². The topological polar surface area (TPSA) is 85.6 Å². The van der Waals surface area contributed by atoms with E-state index in [0.717, 1.165) is 25.3 Å². The maximum atomic E-state index is 12.1. The SMILES string of the molecule is CCCCc1ccc(NC(=O)COC(=O)c2cc(=O)c3cc(Cl)ccc3o2)cc1. The van der Waals surface area contributed by atoms with Crippen molar-refractivity contribution >= 4 is 40.1 Å². The number of amides is 1. The third kappa shape index (κ3) is 5.45. The number of benzene rings is 2. The number of carbonyl (C=O) groups excluding carboxylic acids is 2. The Labute approximate surface area is 172 Å². The highest BCUT2D eigenvalue weighted by Gasteiger charge is 2.16. The van der Waals surface area contributed by atoms with Gasteiger partial charge in [-0.3, -0.25) is 9.59 Å². The molecule has 0 spiro atoms. The predicted octanol–water partition coefficient (Wildman–Crippen LogP) is 4.58. The number of hydrogen-bond donors (Lipinski definition) is 1. The Morgan fingerprint density at radius 2 is 1.86 bits per heavy atom. The highest BCUT2D eigenvalue weighted by atomic mass is 35.5. The van der Waals surface area contributed by atoms with Gasteiger partial charge in [-0.05, 0) is 48.7 Å². The molecule has 0 unspecified atom stereocenters. The Hall–Kier alpha value is -3.12. The molecule has 6 nitrogen and oxygen atoms in total. The minimum Gasteiger partial charge on any atom is -0.450 e. The normalized spacial score (nSPS) is 10.7. The molecule has 2 aromatic carbocycles. The van der Waals surface area contributed by atoms with Crippen molar-refractivity contribution in [3.63, 3.8) is 0 Å². The summed E-state index contributed by atoms with van der Waals surface area (Å²) in [5.41, 5.74) is 1.60. The van der Waals surface area contributed by atoms with Crippen LogP contribution in [0.25, 0.3) is 11.0 Å². The largest absolute Gasteiger partial charge is 0.450 e. The van der Waals surface area contributed by atoms with E-state index in [-0.39, 0.29) is 16.7 Å². The number of halogens is 1. The molecular formula is C22H20ClNO5. The van der Waals surface area contributed by atoms with Crippen LogP contribution in [-0.4, -0.2) is 18.5 Å². The van der Waals surface area contributed by atoms with Crippen LogP contribution in [0.4, 0.5) is 5.69 Å². The van der Waals surface area contributed by atoms with Gasteiger partial charge in [0, 0.05) is 16.8 Å². The van der Waals surface area contributed by atoms with Gasteiger partial charge in [-0.15, -0.1) is 0 Å². The van der Waals surface area contributed by atoms with E-state index in [4.69, 9.17) is 20.8 Å². The van der Waals surface area contributed by atoms with E-state index in [9.17, 15) is 14.4 Å². The molecule has 0 aliphatic heterocycles. The first kappa shape index (κ1) is 20.6. The van der Waals surface area contributed by atoms with Gasteiger partial charge < -0.3 is 14.5 Å². The number of rotatable bonds is 7. The fourth-order valence-electron chi connectivity index (χ4n) is 2.76. The average Bonchev–Trinajstić information content (AvgIpc) is 2.72. The summed E-state index contributed by atoms with van der Waals surface area (Å²) in [7, 11) is 0. The summed E-state index contributed by atoms with van der Waals surface area (Å²) in [6.45, 7) is 1.63. The Morgan fingerprint density at radius 3 is 2.59 bits per heavy atom. The maximum absolute atomic E-state index is 12.1. The lowest BCUT2D eigenvalue weighted by atomic mass is 10.1. The van der Waals surface area contributed by atoms with Crippen molar-refractivity contribution in [1.29, 1.82) is 0 Å². The molecule has 3 aromatic rings. The first-order chi connectivity index (χ1) is 14.0. The number of ether oxygens (including phenoxy) is 1. The van der Waals surface area contributed by atoms with Crippen molar-refractivity contribution in [3.8, 4) is 0 Å². The van der Waals surface area contributed by atoms with E-state index in [1.54, 1.807) is 18.2 Å². The fraction of sp³-hybridized carbons (Fsp3) is 0.227. The highest BCUT2D eigenvalue weighted by Crippen LogP contribution is 2.18. The van der Waals surface area contributed by atoms with E-state index in [1.807, 2.05) is 12.1 Å². The first-order valence-electron chi connectivity index (χ1n) is 9.25. The molecular weight excluding hydrogens is 394 g/mol. The molecule has 1 amide bonds. The number of unbranched alkanes of at least 4 members (excludes halogenated alkanes) is 1. The zero-order valence-electron chi connectivity index (χ0n) is 15.9. The van der Waals surface area contributed by atoms with Crippen LogP contribution in [0.1, 0.15) is 35.9 Å². The molecule has 150 valence electrons. The van der Waals surface area contributed by atoms with Crippen LogP contribution < -0.4 is 10.7 Å². The summed E-state index contributed by atoms with van der Waals surface area (Å²) in [6, 6.07) is 13.0. The number of hydrogen-bond acceptors (Lipinski definition) is 5. The average molecular weight is 414 g/mol. The summed E-state index contributed by atoms with van der Waals surface area (Å²) in [5, 5.41) is 3.30. The number of anilines is 1. The monoisotopic (exact) mass is 413 g/mol. The summed E-state index contributed by atoms with van der Waals surface area (Å²) in [6.07, 6.45) is 3.22. The van der Waals surface area contributed by atoms with Crippen LogP contribution in [0.15, 0.2) is 57.7 Å². The zero-order chi connectivity index (χ0) is 20.8. The third-order valence-corrected chi connectivity index (χ3v) is 4.52. The highest BCUT2D eigenvalue weighted by molar-refractivity contribution is 6.31. The molecule has 7 heteroatoms. The number of esters is 1. The van der Waals surface area contributed by atoms with Gasteiger partial charge in [0.2, 0.25) is 5.76 Å². The second-order valence-corrected chi connectivity index (χ2v) is 6.98. The van der Waals surface area contributed by atoms with Crippen molar-refractivity contribution in [2.75, 3.05) is 11.9 Å². The minimum atomic E-state index is -0.899. The molecule has 1 heterocycles. The van der Waals surface area contributed by atoms with Gasteiger partial charge in [0.1, 0.15) is 5.58 Å². The van der Waals surface area contributed by atoms with Crippen LogP contribution >= 0.6 is 11.6 Å². The van der Waals surface area contributed by atoms with E-state index in [2.05, 4.69) is 12.2 Å². The molecule has 0 fully saturated rings. The van der Waals surface area contributed by atoms with Crippen LogP contribution in [0.5, 0.6) is 0 Å². The van der Waals surface area contributed by atoms with Crippen molar-refractivity contribution in [3.05, 3.63) is 75.1 Å². The maximum Gasteiger partial charge on any atom is 0.374 e. The van der Waals surface area contributed by atoms with Crippen molar-refractivity contribution in [1.82, 2.24) is 0 Å². The lowest BCUT2D eigenvalue weighted by Crippen LogP contribution is -2.21. The molecule has 0 saturated carbocycles. The van der Waals surface area contributed by atoms with E-state index >= 15 is 0 Å². The van der Waals surface area contributed by atoms with Gasteiger partial charge in [0.25, 0.3) is 5.91 Å². The van der Waals surface area contributed by atoms with Gasteiger partial charge in [-0.2, -0.15) is 0 Å². The summed E-state index contributed by atoms with van der Waals surface area (Å²) in [4.78, 5) is 36.3. The second kappa shape index (κ2) is 9.39. The van der Waals surface area contributed by atoms with E-state index in [1.165, 1.54) is 17.7 Å². The van der Waals surface area contributed by atoms with E-state index in [0.29, 0.717) is 10.7 Å². The summed E-state index contributed by atoms with van der Waals surface area (Å²) >= 11 is 5.86. The molecule has 29 heavy (non-hydrogen) atoms. The molecule has 1 N–H and O–H groups in total. The number of carbonyl (C=O) groups is 2. The van der Waals surface area contributed by atoms with Crippen molar-refractivity contribution < 1.29 is 18.7 Å². The van der Waals surface area contributed by atoms with Crippen LogP contribution in [-0.2, 0) is 16.0 Å². The molecule has 0 radical (unpaired) electrons. The number of aryl methyl sites for hydroxylation is 1. The molecule has 0 bridgehead atoms. The van der Waals surface area contributed by atoms with Crippen LogP contribution in [0.2, 0.25) is 5.02 Å². The molecule has 1 aromatic heterocycles. The van der Waals surface area contributed by atoms with E-state index < -0.39 is 23.9 Å². The summed E-state index contributed by atoms with van der Waals surface area (Å²) < 4.78 is 10.3. The molecule has 0 aliphatic carbocycles. The van der Waals surface area contributed by atoms with Gasteiger partial charge in [0.05, 0.1) is 5.39 Å². The molecule has 3 rings (SSSR count). The Balaban J connectivity index is 1.59. The first-order valence-corrected chi connectivity index (χ1v) is 9.63. The Morgan fingerprint density at radius 1 is 1.10 bits per heavy atom. The van der Waals surface area contributed by atoms with Gasteiger partial charge in [-0.25, -0.2) is 4.79 Å². The van der Waals surface area contributed by atoms with Crippen LogP contribution in [0, 0.1) is 0 Å². The Bertz CT molecular complexity index is 1090.